The van der Waals surface area contributed by atoms with Crippen LogP contribution in [0.15, 0.2) is 12.4 Å². The molecular formula is C10H21N3OSi. The molecule has 0 amide bonds. The molecule has 0 atom stereocenters. The maximum Gasteiger partial charge on any atom is 0.139 e. The van der Waals surface area contributed by atoms with Crippen LogP contribution in [0.3, 0.4) is 0 Å². The lowest BCUT2D eigenvalue weighted by molar-refractivity contribution is 0.0785. The number of nitrogens with two attached hydrogens (primary N) is 1. The van der Waals surface area contributed by atoms with Crippen LogP contribution < -0.4 is 5.73 Å². The zero-order chi connectivity index (χ0) is 11.3. The molecule has 0 saturated carbocycles. The number of ether oxygens (including phenoxy) is 1. The van der Waals surface area contributed by atoms with Crippen LogP contribution in [-0.2, 0) is 18.0 Å². The molecule has 0 spiro atoms. The van der Waals surface area contributed by atoms with E-state index in [1.165, 1.54) is 6.04 Å². The molecule has 0 radical (unpaired) electrons. The van der Waals surface area contributed by atoms with Gasteiger partial charge in [-0.2, -0.15) is 5.10 Å². The molecule has 0 aromatic carbocycles. The van der Waals surface area contributed by atoms with E-state index in [-0.39, 0.29) is 0 Å². The largest absolute Gasteiger partial charge is 0.360 e. The Labute approximate surface area is 92.4 Å². The first kappa shape index (κ1) is 12.4. The van der Waals surface area contributed by atoms with Gasteiger partial charge < -0.3 is 10.5 Å². The molecule has 1 heterocycles. The van der Waals surface area contributed by atoms with Gasteiger partial charge in [-0.25, -0.2) is 4.68 Å². The topological polar surface area (TPSA) is 53.1 Å². The third-order valence-corrected chi connectivity index (χ3v) is 3.85. The van der Waals surface area contributed by atoms with Gasteiger partial charge in [-0.15, -0.1) is 0 Å². The lowest BCUT2D eigenvalue weighted by Gasteiger charge is -2.15. The summed E-state index contributed by atoms with van der Waals surface area (Å²) < 4.78 is 7.33. The monoisotopic (exact) mass is 227 g/mol. The fraction of sp³-hybridized carbons (Fsp3) is 0.700. The second kappa shape index (κ2) is 5.44. The first-order valence-corrected chi connectivity index (χ1v) is 9.01. The Bertz CT molecular complexity index is 293. The normalized spacial score (nSPS) is 12.0. The quantitative estimate of drug-likeness (QED) is 0.594. The van der Waals surface area contributed by atoms with Crippen LogP contribution in [0.2, 0.25) is 25.7 Å². The van der Waals surface area contributed by atoms with Gasteiger partial charge in [0.1, 0.15) is 6.73 Å². The van der Waals surface area contributed by atoms with Crippen molar-refractivity contribution >= 4 is 8.07 Å². The molecule has 4 nitrogen and oxygen atoms in total. The van der Waals surface area contributed by atoms with Crippen LogP contribution in [0, 0.1) is 0 Å². The van der Waals surface area contributed by atoms with Crippen molar-refractivity contribution in [1.82, 2.24) is 9.78 Å². The molecule has 1 aromatic rings. The number of aromatic nitrogens is 2. The van der Waals surface area contributed by atoms with E-state index in [0.29, 0.717) is 13.3 Å². The molecule has 1 aromatic heterocycles. The summed E-state index contributed by atoms with van der Waals surface area (Å²) in [5.74, 6) is 0. The van der Waals surface area contributed by atoms with Gasteiger partial charge in [-0.05, 0) is 6.04 Å². The summed E-state index contributed by atoms with van der Waals surface area (Å²) in [5.41, 5.74) is 6.53. The van der Waals surface area contributed by atoms with Crippen LogP contribution in [0.25, 0.3) is 0 Å². The molecular weight excluding hydrogens is 206 g/mol. The molecule has 0 aliphatic heterocycles. The van der Waals surface area contributed by atoms with Gasteiger partial charge in [0.2, 0.25) is 0 Å². The molecule has 86 valence electrons. The minimum absolute atomic E-state index is 0.532. The van der Waals surface area contributed by atoms with E-state index in [1.54, 1.807) is 10.9 Å². The zero-order valence-electron chi connectivity index (χ0n) is 9.86. The summed E-state index contributed by atoms with van der Waals surface area (Å²) in [6.07, 6.45) is 3.70. The van der Waals surface area contributed by atoms with Gasteiger partial charge in [-0.1, -0.05) is 19.6 Å². The maximum absolute atomic E-state index is 5.55. The minimum Gasteiger partial charge on any atom is -0.360 e. The van der Waals surface area contributed by atoms with Crippen LogP contribution in [0.1, 0.15) is 5.56 Å². The van der Waals surface area contributed by atoms with E-state index in [2.05, 4.69) is 24.7 Å². The van der Waals surface area contributed by atoms with Gasteiger partial charge in [0.05, 0.1) is 6.20 Å². The average Bonchev–Trinajstić information content (AvgIpc) is 2.59. The van der Waals surface area contributed by atoms with Crippen LogP contribution in [0.4, 0.5) is 0 Å². The third-order valence-electron chi connectivity index (χ3n) is 2.14. The molecule has 0 unspecified atom stereocenters. The molecule has 0 bridgehead atoms. The van der Waals surface area contributed by atoms with Crippen molar-refractivity contribution in [1.29, 1.82) is 0 Å². The van der Waals surface area contributed by atoms with Crippen molar-refractivity contribution < 1.29 is 4.74 Å². The van der Waals surface area contributed by atoms with Crippen LogP contribution in [-0.4, -0.2) is 24.5 Å². The fourth-order valence-corrected chi connectivity index (χ4v) is 1.88. The second-order valence-corrected chi connectivity index (χ2v) is 10.6. The highest BCUT2D eigenvalue weighted by molar-refractivity contribution is 6.76. The van der Waals surface area contributed by atoms with Gasteiger partial charge >= 0.3 is 0 Å². The van der Waals surface area contributed by atoms with E-state index in [4.69, 9.17) is 10.5 Å². The molecule has 2 N–H and O–H groups in total. The molecule has 0 aliphatic rings. The smallest absolute Gasteiger partial charge is 0.139 e. The Morgan fingerprint density at radius 1 is 1.47 bits per heavy atom. The van der Waals surface area contributed by atoms with E-state index in [9.17, 15) is 0 Å². The number of hydrogen-bond acceptors (Lipinski definition) is 3. The third kappa shape index (κ3) is 5.11. The Morgan fingerprint density at radius 2 is 2.20 bits per heavy atom. The van der Waals surface area contributed by atoms with Crippen molar-refractivity contribution in [2.24, 2.45) is 5.73 Å². The van der Waals surface area contributed by atoms with Crippen molar-refractivity contribution in [2.45, 2.75) is 39.0 Å². The molecule has 1 rings (SSSR count). The van der Waals surface area contributed by atoms with Gasteiger partial charge in [0.15, 0.2) is 0 Å². The predicted octanol–water partition coefficient (Wildman–Crippen LogP) is 1.65. The predicted molar refractivity (Wildman–Crippen MR) is 64.2 cm³/mol. The summed E-state index contributed by atoms with van der Waals surface area (Å²) in [5, 5.41) is 4.14. The van der Waals surface area contributed by atoms with Gasteiger partial charge in [-0.3, -0.25) is 0 Å². The Hall–Kier alpha value is -0.653. The highest BCUT2D eigenvalue weighted by Gasteiger charge is 2.11. The summed E-state index contributed by atoms with van der Waals surface area (Å²) in [4.78, 5) is 0. The van der Waals surface area contributed by atoms with Crippen molar-refractivity contribution in [3.8, 4) is 0 Å². The summed E-state index contributed by atoms with van der Waals surface area (Å²) in [6.45, 7) is 8.93. The van der Waals surface area contributed by atoms with E-state index in [1.807, 2.05) is 6.20 Å². The number of hydrogen-bond donors (Lipinski definition) is 1. The molecule has 0 aliphatic carbocycles. The number of rotatable bonds is 6. The van der Waals surface area contributed by atoms with Crippen molar-refractivity contribution in [3.63, 3.8) is 0 Å². The first-order valence-electron chi connectivity index (χ1n) is 5.30. The fourth-order valence-electron chi connectivity index (χ4n) is 1.12. The maximum atomic E-state index is 5.55. The van der Waals surface area contributed by atoms with E-state index in [0.717, 1.165) is 12.2 Å². The summed E-state index contributed by atoms with van der Waals surface area (Å²) in [7, 11) is -0.972. The Balaban J connectivity index is 2.20. The molecule has 0 saturated heterocycles. The highest BCUT2D eigenvalue weighted by Crippen LogP contribution is 2.07. The summed E-state index contributed by atoms with van der Waals surface area (Å²) >= 11 is 0. The summed E-state index contributed by atoms with van der Waals surface area (Å²) in [6, 6.07) is 1.19. The van der Waals surface area contributed by atoms with Crippen LogP contribution >= 0.6 is 0 Å². The first-order chi connectivity index (χ1) is 7.01. The number of nitrogens with zero attached hydrogens (tertiary/aromatic N) is 2. The lowest BCUT2D eigenvalue weighted by Crippen LogP contribution is -2.22. The molecule has 5 heteroatoms. The molecule has 15 heavy (non-hydrogen) atoms. The van der Waals surface area contributed by atoms with Gasteiger partial charge in [0.25, 0.3) is 0 Å². The Morgan fingerprint density at radius 3 is 2.73 bits per heavy atom. The lowest BCUT2D eigenvalue weighted by atomic mass is 10.4. The SMILES string of the molecule is C[Si](C)(C)CCOCn1cc(CN)cn1. The highest BCUT2D eigenvalue weighted by atomic mass is 28.3. The van der Waals surface area contributed by atoms with Crippen molar-refractivity contribution in [3.05, 3.63) is 18.0 Å². The zero-order valence-corrected chi connectivity index (χ0v) is 10.9. The second-order valence-electron chi connectivity index (χ2n) is 4.94. The molecule has 0 fully saturated rings. The average molecular weight is 227 g/mol. The van der Waals surface area contributed by atoms with E-state index < -0.39 is 8.07 Å². The standard InChI is InChI=1S/C10H21N3OSi/c1-15(2,3)5-4-14-9-13-8-10(6-11)7-12-13/h7-8H,4-6,9,11H2,1-3H3. The Kier molecular flexibility index (Phi) is 4.50. The van der Waals surface area contributed by atoms with Crippen molar-refractivity contribution in [2.75, 3.05) is 6.61 Å². The van der Waals surface area contributed by atoms with E-state index >= 15 is 0 Å². The van der Waals surface area contributed by atoms with Crippen LogP contribution in [0.5, 0.6) is 0 Å². The van der Waals surface area contributed by atoms with Gasteiger partial charge in [0, 0.05) is 33.0 Å². The minimum atomic E-state index is -0.972.